The molecule has 1 aromatic heterocycles. The van der Waals surface area contributed by atoms with Crippen LogP contribution in [0.4, 0.5) is 0 Å². The first-order valence-corrected chi connectivity index (χ1v) is 5.51. The lowest BCUT2D eigenvalue weighted by Gasteiger charge is -2.11. The van der Waals surface area contributed by atoms with Gasteiger partial charge in [-0.2, -0.15) is 0 Å². The first kappa shape index (κ1) is 12.1. The van der Waals surface area contributed by atoms with Gasteiger partial charge in [-0.15, -0.1) is 0 Å². The molecule has 18 heavy (non-hydrogen) atoms. The maximum Gasteiger partial charge on any atom is 0.308 e. The minimum atomic E-state index is -0.904. The number of carboxylic acid groups (broad SMARTS) is 1. The van der Waals surface area contributed by atoms with E-state index in [-0.39, 0.29) is 6.42 Å². The third-order valence-electron chi connectivity index (χ3n) is 2.62. The van der Waals surface area contributed by atoms with E-state index in [2.05, 4.69) is 4.98 Å². The van der Waals surface area contributed by atoms with Crippen LogP contribution in [0.5, 0.6) is 5.88 Å². The normalized spacial score (nSPS) is 10.1. The molecule has 92 valence electrons. The van der Waals surface area contributed by atoms with Gasteiger partial charge < -0.3 is 9.84 Å². The van der Waals surface area contributed by atoms with Crippen LogP contribution in [-0.2, 0) is 11.2 Å². The van der Waals surface area contributed by atoms with E-state index < -0.39 is 5.97 Å². The van der Waals surface area contributed by atoms with E-state index in [1.54, 1.807) is 12.3 Å². The van der Waals surface area contributed by atoms with Crippen molar-refractivity contribution in [3.05, 3.63) is 48.2 Å². The Bertz CT molecular complexity index is 552. The van der Waals surface area contributed by atoms with Gasteiger partial charge in [0.1, 0.15) is 0 Å². The average Bonchev–Trinajstić information content (AvgIpc) is 2.39. The molecule has 4 heteroatoms. The summed E-state index contributed by atoms with van der Waals surface area (Å²) in [7, 11) is 1.49. The summed E-state index contributed by atoms with van der Waals surface area (Å²) in [5, 5.41) is 8.97. The first-order valence-electron chi connectivity index (χ1n) is 5.51. The zero-order valence-electron chi connectivity index (χ0n) is 9.96. The van der Waals surface area contributed by atoms with Crippen LogP contribution in [0.2, 0.25) is 0 Å². The zero-order chi connectivity index (χ0) is 13.0. The third-order valence-corrected chi connectivity index (χ3v) is 2.62. The van der Waals surface area contributed by atoms with E-state index >= 15 is 0 Å². The molecule has 4 nitrogen and oxygen atoms in total. The number of hydrogen-bond donors (Lipinski definition) is 1. The second kappa shape index (κ2) is 5.31. The SMILES string of the molecule is COc1nccc(-c2ccccc2)c1CC(=O)O. The molecule has 0 saturated carbocycles. The summed E-state index contributed by atoms with van der Waals surface area (Å²) in [6.07, 6.45) is 1.51. The highest BCUT2D eigenvalue weighted by Gasteiger charge is 2.14. The van der Waals surface area contributed by atoms with Crippen LogP contribution >= 0.6 is 0 Å². The summed E-state index contributed by atoms with van der Waals surface area (Å²) in [4.78, 5) is 15.0. The largest absolute Gasteiger partial charge is 0.481 e. The molecule has 0 aliphatic carbocycles. The zero-order valence-corrected chi connectivity index (χ0v) is 9.96. The minimum absolute atomic E-state index is 0.110. The van der Waals surface area contributed by atoms with Gasteiger partial charge in [0.05, 0.1) is 13.5 Å². The van der Waals surface area contributed by atoms with Crippen molar-refractivity contribution in [3.8, 4) is 17.0 Å². The van der Waals surface area contributed by atoms with Crippen LogP contribution in [0.15, 0.2) is 42.6 Å². The monoisotopic (exact) mass is 243 g/mol. The number of benzene rings is 1. The van der Waals surface area contributed by atoms with Gasteiger partial charge in [-0.25, -0.2) is 4.98 Å². The Morgan fingerprint density at radius 2 is 2.00 bits per heavy atom. The fourth-order valence-electron chi connectivity index (χ4n) is 1.86. The van der Waals surface area contributed by atoms with Gasteiger partial charge in [0.15, 0.2) is 0 Å². The van der Waals surface area contributed by atoms with Crippen molar-refractivity contribution in [2.75, 3.05) is 7.11 Å². The van der Waals surface area contributed by atoms with E-state index in [9.17, 15) is 4.79 Å². The van der Waals surface area contributed by atoms with Crippen molar-refractivity contribution in [1.29, 1.82) is 0 Å². The number of carbonyl (C=O) groups is 1. The summed E-state index contributed by atoms with van der Waals surface area (Å²) >= 11 is 0. The van der Waals surface area contributed by atoms with E-state index in [4.69, 9.17) is 9.84 Å². The average molecular weight is 243 g/mol. The Morgan fingerprint density at radius 3 is 2.61 bits per heavy atom. The summed E-state index contributed by atoms with van der Waals surface area (Å²) in [6.45, 7) is 0. The number of rotatable bonds is 4. The lowest BCUT2D eigenvalue weighted by atomic mass is 9.99. The van der Waals surface area contributed by atoms with Crippen molar-refractivity contribution in [3.63, 3.8) is 0 Å². The molecule has 0 aliphatic heterocycles. The van der Waals surface area contributed by atoms with Gasteiger partial charge in [0.25, 0.3) is 0 Å². The lowest BCUT2D eigenvalue weighted by Crippen LogP contribution is -2.05. The quantitative estimate of drug-likeness (QED) is 0.895. The van der Waals surface area contributed by atoms with Crippen molar-refractivity contribution in [2.45, 2.75) is 6.42 Å². The molecule has 0 spiro atoms. The van der Waals surface area contributed by atoms with Crippen LogP contribution in [0, 0.1) is 0 Å². The Kier molecular flexibility index (Phi) is 3.57. The molecule has 1 heterocycles. The van der Waals surface area contributed by atoms with Crippen LogP contribution < -0.4 is 4.74 Å². The summed E-state index contributed by atoms with van der Waals surface area (Å²) in [5.74, 6) is -0.544. The van der Waals surface area contributed by atoms with E-state index in [1.165, 1.54) is 7.11 Å². The fraction of sp³-hybridized carbons (Fsp3) is 0.143. The molecule has 0 saturated heterocycles. The molecule has 2 rings (SSSR count). The summed E-state index contributed by atoms with van der Waals surface area (Å²) < 4.78 is 5.13. The van der Waals surface area contributed by atoms with Crippen LogP contribution in [0.25, 0.3) is 11.1 Å². The van der Waals surface area contributed by atoms with Crippen molar-refractivity contribution in [2.24, 2.45) is 0 Å². The molecule has 1 aromatic carbocycles. The van der Waals surface area contributed by atoms with Gasteiger partial charge in [-0.05, 0) is 17.2 Å². The Labute approximate surface area is 105 Å². The predicted molar refractivity (Wildman–Crippen MR) is 67.6 cm³/mol. The van der Waals surface area contributed by atoms with Gasteiger partial charge in [0, 0.05) is 11.8 Å². The highest BCUT2D eigenvalue weighted by Crippen LogP contribution is 2.29. The maximum atomic E-state index is 10.9. The smallest absolute Gasteiger partial charge is 0.308 e. The number of hydrogen-bond acceptors (Lipinski definition) is 3. The molecule has 2 aromatic rings. The third kappa shape index (κ3) is 2.48. The number of nitrogens with zero attached hydrogens (tertiary/aromatic N) is 1. The Balaban J connectivity index is 2.56. The second-order valence-electron chi connectivity index (χ2n) is 3.78. The van der Waals surface area contributed by atoms with Crippen LogP contribution in [0.1, 0.15) is 5.56 Å². The highest BCUT2D eigenvalue weighted by atomic mass is 16.5. The number of aromatic nitrogens is 1. The van der Waals surface area contributed by atoms with Crippen LogP contribution in [0.3, 0.4) is 0 Å². The van der Waals surface area contributed by atoms with Gasteiger partial charge in [-0.3, -0.25) is 4.79 Å². The lowest BCUT2D eigenvalue weighted by molar-refractivity contribution is -0.136. The molecule has 0 radical (unpaired) electrons. The summed E-state index contributed by atoms with van der Waals surface area (Å²) in [6, 6.07) is 11.4. The molecular formula is C14H13NO3. The number of carboxylic acids is 1. The number of methoxy groups -OCH3 is 1. The van der Waals surface area contributed by atoms with Gasteiger partial charge in [0.2, 0.25) is 5.88 Å². The molecule has 0 amide bonds. The first-order chi connectivity index (χ1) is 8.72. The topological polar surface area (TPSA) is 59.4 Å². The fourth-order valence-corrected chi connectivity index (χ4v) is 1.86. The van der Waals surface area contributed by atoms with Crippen molar-refractivity contribution >= 4 is 5.97 Å². The number of pyridine rings is 1. The molecular weight excluding hydrogens is 230 g/mol. The highest BCUT2D eigenvalue weighted by molar-refractivity contribution is 5.78. The van der Waals surface area contributed by atoms with Crippen LogP contribution in [-0.4, -0.2) is 23.2 Å². The van der Waals surface area contributed by atoms with E-state index in [1.807, 2.05) is 30.3 Å². The minimum Gasteiger partial charge on any atom is -0.481 e. The van der Waals surface area contributed by atoms with E-state index in [0.29, 0.717) is 11.4 Å². The summed E-state index contributed by atoms with van der Waals surface area (Å²) in [5.41, 5.74) is 2.39. The predicted octanol–water partition coefficient (Wildman–Crippen LogP) is 2.38. The van der Waals surface area contributed by atoms with Gasteiger partial charge >= 0.3 is 5.97 Å². The maximum absolute atomic E-state index is 10.9. The molecule has 0 bridgehead atoms. The molecule has 1 N–H and O–H groups in total. The van der Waals surface area contributed by atoms with Crippen molar-refractivity contribution in [1.82, 2.24) is 4.98 Å². The number of aliphatic carboxylic acids is 1. The standard InChI is InChI=1S/C14H13NO3/c1-18-14-12(9-13(16)17)11(7-8-15-14)10-5-3-2-4-6-10/h2-8H,9H2,1H3,(H,16,17). The second-order valence-corrected chi connectivity index (χ2v) is 3.78. The van der Waals surface area contributed by atoms with Gasteiger partial charge in [-0.1, -0.05) is 30.3 Å². The molecule has 0 unspecified atom stereocenters. The Hall–Kier alpha value is -2.36. The molecule has 0 fully saturated rings. The molecule has 0 aliphatic rings. The number of ether oxygens (including phenoxy) is 1. The van der Waals surface area contributed by atoms with Crippen molar-refractivity contribution < 1.29 is 14.6 Å². The molecule has 0 atom stereocenters. The Morgan fingerprint density at radius 1 is 1.28 bits per heavy atom. The van der Waals surface area contributed by atoms with E-state index in [0.717, 1.165) is 11.1 Å².